The van der Waals surface area contributed by atoms with Gasteiger partial charge in [0.2, 0.25) is 0 Å². The van der Waals surface area contributed by atoms with E-state index >= 15 is 0 Å². The second kappa shape index (κ2) is 5.86. The van der Waals surface area contributed by atoms with Gasteiger partial charge in [0, 0.05) is 21.2 Å². The number of nitriles is 2. The number of hydrogen-bond acceptors (Lipinski definition) is 4. The molecule has 14 heavy (non-hydrogen) atoms. The van der Waals surface area contributed by atoms with Gasteiger partial charge in [-0.3, -0.25) is 4.18 Å². The minimum absolute atomic E-state index is 0.576. The van der Waals surface area contributed by atoms with E-state index in [4.69, 9.17) is 14.7 Å². The van der Waals surface area contributed by atoms with Crippen molar-refractivity contribution in [1.29, 1.82) is 10.5 Å². The molecular formula is C9H5IN2OS. The SMILES string of the molecule is N#Cc1ccc(C(C#N)OSI)cc1. The number of nitrogens with zero attached hydrogens (tertiary/aromatic N) is 2. The van der Waals surface area contributed by atoms with E-state index in [2.05, 4.69) is 0 Å². The quantitative estimate of drug-likeness (QED) is 0.635. The van der Waals surface area contributed by atoms with Gasteiger partial charge in [-0.1, -0.05) is 12.1 Å². The number of benzene rings is 1. The lowest BCUT2D eigenvalue weighted by Gasteiger charge is -2.06. The maximum Gasteiger partial charge on any atom is 0.184 e. The molecule has 1 aromatic carbocycles. The van der Waals surface area contributed by atoms with Crippen molar-refractivity contribution in [3.63, 3.8) is 0 Å². The Balaban J connectivity index is 2.86. The van der Waals surface area contributed by atoms with Gasteiger partial charge in [0.05, 0.1) is 20.8 Å². The first-order valence-electron chi connectivity index (χ1n) is 3.65. The summed E-state index contributed by atoms with van der Waals surface area (Å²) in [6, 6.07) is 10.8. The molecule has 1 aromatic rings. The minimum atomic E-state index is -0.579. The third-order valence-electron chi connectivity index (χ3n) is 1.59. The zero-order chi connectivity index (χ0) is 10.4. The fourth-order valence-electron chi connectivity index (χ4n) is 0.920. The van der Waals surface area contributed by atoms with E-state index in [1.165, 1.54) is 0 Å². The summed E-state index contributed by atoms with van der Waals surface area (Å²) in [5.74, 6) is 0. The number of hydrogen-bond donors (Lipinski definition) is 0. The van der Waals surface area contributed by atoms with Crippen LogP contribution in [0, 0.1) is 22.7 Å². The van der Waals surface area contributed by atoms with Crippen molar-refractivity contribution in [2.75, 3.05) is 0 Å². The molecule has 0 spiro atoms. The average molecular weight is 316 g/mol. The molecule has 1 rings (SSSR count). The molecule has 0 saturated heterocycles. The Labute approximate surface area is 98.5 Å². The maximum atomic E-state index is 8.78. The van der Waals surface area contributed by atoms with Crippen molar-refractivity contribution in [1.82, 2.24) is 0 Å². The summed E-state index contributed by atoms with van der Waals surface area (Å²) in [4.78, 5) is 0. The molecule has 0 aliphatic carbocycles. The van der Waals surface area contributed by atoms with Gasteiger partial charge < -0.3 is 0 Å². The van der Waals surface area contributed by atoms with Gasteiger partial charge >= 0.3 is 0 Å². The van der Waals surface area contributed by atoms with Crippen molar-refractivity contribution in [3.05, 3.63) is 35.4 Å². The zero-order valence-corrected chi connectivity index (χ0v) is 9.95. The highest BCUT2D eigenvalue weighted by atomic mass is 127. The molecule has 70 valence electrons. The normalized spacial score (nSPS) is 11.4. The van der Waals surface area contributed by atoms with Crippen molar-refractivity contribution in [2.45, 2.75) is 6.10 Å². The summed E-state index contributed by atoms with van der Waals surface area (Å²) in [7, 11) is 1.12. The summed E-state index contributed by atoms with van der Waals surface area (Å²) in [6.45, 7) is 0. The molecule has 0 bridgehead atoms. The van der Waals surface area contributed by atoms with Crippen LogP contribution >= 0.6 is 30.4 Å². The van der Waals surface area contributed by atoms with Crippen molar-refractivity contribution in [2.24, 2.45) is 0 Å². The van der Waals surface area contributed by atoms with E-state index in [9.17, 15) is 0 Å². The standard InChI is InChI=1S/C9H5IN2OS/c10-14-13-9(6-12)8-3-1-7(5-11)2-4-8/h1-4,9H. The van der Waals surface area contributed by atoms with E-state index in [1.54, 1.807) is 24.3 Å². The summed E-state index contributed by atoms with van der Waals surface area (Å²) >= 11 is 1.96. The molecule has 0 fully saturated rings. The highest BCUT2D eigenvalue weighted by molar-refractivity contribution is 14.2. The number of rotatable bonds is 3. The molecule has 0 heterocycles. The molecule has 1 atom stereocenters. The van der Waals surface area contributed by atoms with Crippen LogP contribution in [0.4, 0.5) is 0 Å². The molecular weight excluding hydrogens is 311 g/mol. The topological polar surface area (TPSA) is 56.8 Å². The second-order valence-corrected chi connectivity index (χ2v) is 3.80. The Morgan fingerprint density at radius 2 is 1.93 bits per heavy atom. The van der Waals surface area contributed by atoms with E-state index in [0.717, 1.165) is 14.8 Å². The third-order valence-corrected chi connectivity index (χ3v) is 2.48. The summed E-state index contributed by atoms with van der Waals surface area (Å²) in [5, 5.41) is 17.4. The Kier molecular flexibility index (Phi) is 4.74. The summed E-state index contributed by atoms with van der Waals surface area (Å²) < 4.78 is 5.11. The van der Waals surface area contributed by atoms with Crippen LogP contribution in [-0.2, 0) is 4.18 Å². The number of halogens is 1. The van der Waals surface area contributed by atoms with Gasteiger partial charge in [0.1, 0.15) is 6.07 Å². The van der Waals surface area contributed by atoms with Crippen LogP contribution in [0.1, 0.15) is 17.2 Å². The molecule has 1 unspecified atom stereocenters. The van der Waals surface area contributed by atoms with E-state index in [0.29, 0.717) is 5.56 Å². The van der Waals surface area contributed by atoms with Crippen molar-refractivity contribution < 1.29 is 4.18 Å². The predicted octanol–water partition coefficient (Wildman–Crippen LogP) is 3.14. The second-order valence-electron chi connectivity index (χ2n) is 2.40. The van der Waals surface area contributed by atoms with Crippen LogP contribution < -0.4 is 0 Å². The Morgan fingerprint density at radius 1 is 1.29 bits per heavy atom. The van der Waals surface area contributed by atoms with Gasteiger partial charge in [-0.2, -0.15) is 10.5 Å². The monoisotopic (exact) mass is 316 g/mol. The van der Waals surface area contributed by atoms with Gasteiger partial charge in [0.25, 0.3) is 0 Å². The molecule has 0 N–H and O–H groups in total. The third kappa shape index (κ3) is 2.88. The zero-order valence-electron chi connectivity index (χ0n) is 6.98. The van der Waals surface area contributed by atoms with Gasteiger partial charge in [-0.15, -0.1) is 0 Å². The summed E-state index contributed by atoms with van der Waals surface area (Å²) in [5.41, 5.74) is 1.34. The fraction of sp³-hybridized carbons (Fsp3) is 0.111. The van der Waals surface area contributed by atoms with Crippen LogP contribution in [0.5, 0.6) is 0 Å². The average Bonchev–Trinajstić information content (AvgIpc) is 2.26. The molecule has 0 radical (unpaired) electrons. The van der Waals surface area contributed by atoms with E-state index in [-0.39, 0.29) is 0 Å². The van der Waals surface area contributed by atoms with Crippen molar-refractivity contribution in [3.8, 4) is 12.1 Å². The van der Waals surface area contributed by atoms with E-state index in [1.807, 2.05) is 33.3 Å². The van der Waals surface area contributed by atoms with Crippen LogP contribution in [0.25, 0.3) is 0 Å². The van der Waals surface area contributed by atoms with Crippen LogP contribution in [0.2, 0.25) is 0 Å². The van der Waals surface area contributed by atoms with Crippen LogP contribution in [-0.4, -0.2) is 0 Å². The molecule has 0 amide bonds. The lowest BCUT2D eigenvalue weighted by Crippen LogP contribution is -1.95. The Morgan fingerprint density at radius 3 is 2.36 bits per heavy atom. The maximum absolute atomic E-state index is 8.78. The molecule has 0 aliphatic heterocycles. The molecule has 0 aliphatic rings. The lowest BCUT2D eigenvalue weighted by molar-refractivity contribution is 0.319. The highest BCUT2D eigenvalue weighted by Gasteiger charge is 2.10. The minimum Gasteiger partial charge on any atom is -0.282 e. The lowest BCUT2D eigenvalue weighted by atomic mass is 10.1. The van der Waals surface area contributed by atoms with Crippen LogP contribution in [0.15, 0.2) is 24.3 Å². The first kappa shape index (κ1) is 11.3. The van der Waals surface area contributed by atoms with E-state index < -0.39 is 6.10 Å². The Bertz CT molecular complexity index is 379. The molecule has 5 heteroatoms. The Hall–Kier alpha value is -0.760. The van der Waals surface area contributed by atoms with Gasteiger partial charge in [-0.05, 0) is 17.7 Å². The summed E-state index contributed by atoms with van der Waals surface area (Å²) in [6.07, 6.45) is -0.579. The van der Waals surface area contributed by atoms with Gasteiger partial charge in [0.15, 0.2) is 6.10 Å². The predicted molar refractivity (Wildman–Crippen MR) is 62.2 cm³/mol. The smallest absolute Gasteiger partial charge is 0.184 e. The first-order valence-corrected chi connectivity index (χ1v) is 6.94. The van der Waals surface area contributed by atoms with Gasteiger partial charge in [-0.25, -0.2) is 0 Å². The van der Waals surface area contributed by atoms with Crippen LogP contribution in [0.3, 0.4) is 0 Å². The fourth-order valence-corrected chi connectivity index (χ4v) is 1.77. The first-order chi connectivity index (χ1) is 6.81. The largest absolute Gasteiger partial charge is 0.282 e. The highest BCUT2D eigenvalue weighted by Crippen LogP contribution is 2.26. The molecule has 0 saturated carbocycles. The van der Waals surface area contributed by atoms with Crippen molar-refractivity contribution >= 4 is 30.4 Å². The molecule has 3 nitrogen and oxygen atoms in total. The molecule has 0 aromatic heterocycles.